The van der Waals surface area contributed by atoms with Gasteiger partial charge < -0.3 is 0 Å². The Balaban J connectivity index is 2.51. The second-order valence-electron chi connectivity index (χ2n) is 4.60. The van der Waals surface area contributed by atoms with Gasteiger partial charge in [-0.15, -0.1) is 0 Å². The van der Waals surface area contributed by atoms with Crippen molar-refractivity contribution < 1.29 is 0 Å². The Hall–Kier alpha value is 0. The molecule has 1 saturated carbocycles. The summed E-state index contributed by atoms with van der Waals surface area (Å²) < 4.78 is 0. The van der Waals surface area contributed by atoms with Crippen LogP contribution in [0.15, 0.2) is 0 Å². The van der Waals surface area contributed by atoms with Gasteiger partial charge in [0.1, 0.15) is 0 Å². The van der Waals surface area contributed by atoms with Crippen LogP contribution in [0.1, 0.15) is 59.8 Å². The van der Waals surface area contributed by atoms with E-state index >= 15 is 0 Å². The fraction of sp³-hybridized carbons (Fsp3) is 1.00. The van der Waals surface area contributed by atoms with E-state index in [1.165, 1.54) is 32.1 Å². The fourth-order valence-corrected chi connectivity index (χ4v) is 2.98. The average Bonchev–Trinajstić information content (AvgIpc) is 2.79. The molecule has 0 saturated heterocycles. The molecule has 72 valence electrons. The minimum atomic E-state index is 0.776. The summed E-state index contributed by atoms with van der Waals surface area (Å²) >= 11 is 0. The topological polar surface area (TPSA) is 0 Å². The normalized spacial score (nSPS) is 36.5. The van der Waals surface area contributed by atoms with Crippen LogP contribution in [0.4, 0.5) is 0 Å². The molecule has 0 heterocycles. The van der Waals surface area contributed by atoms with Crippen molar-refractivity contribution in [3.63, 3.8) is 0 Å². The highest BCUT2D eigenvalue weighted by Crippen LogP contribution is 2.62. The van der Waals surface area contributed by atoms with Gasteiger partial charge in [0.25, 0.3) is 0 Å². The van der Waals surface area contributed by atoms with Gasteiger partial charge in [-0.3, -0.25) is 0 Å². The van der Waals surface area contributed by atoms with Crippen LogP contribution in [-0.2, 0) is 0 Å². The molecule has 0 aliphatic heterocycles. The molecule has 0 aromatic carbocycles. The molecule has 0 N–H and O–H groups in total. The molecule has 0 bridgehead atoms. The van der Waals surface area contributed by atoms with Crippen LogP contribution in [-0.4, -0.2) is 0 Å². The van der Waals surface area contributed by atoms with Crippen molar-refractivity contribution in [2.75, 3.05) is 0 Å². The summed E-state index contributed by atoms with van der Waals surface area (Å²) in [5.74, 6) is 2.02. The van der Waals surface area contributed by atoms with Gasteiger partial charge >= 0.3 is 0 Å². The lowest BCUT2D eigenvalue weighted by molar-refractivity contribution is 0.267. The zero-order chi connectivity index (χ0) is 9.19. The maximum Gasteiger partial charge on any atom is -0.0241 e. The molecule has 0 nitrogen and oxygen atoms in total. The molecule has 12 heavy (non-hydrogen) atoms. The average molecular weight is 168 g/mol. The van der Waals surface area contributed by atoms with Crippen LogP contribution in [0.25, 0.3) is 0 Å². The van der Waals surface area contributed by atoms with E-state index in [4.69, 9.17) is 0 Å². The van der Waals surface area contributed by atoms with Crippen molar-refractivity contribution in [1.29, 1.82) is 0 Å². The Bertz CT molecular complexity index is 139. The monoisotopic (exact) mass is 168 g/mol. The largest absolute Gasteiger partial charge is 0.0654 e. The van der Waals surface area contributed by atoms with E-state index in [9.17, 15) is 0 Å². The van der Waals surface area contributed by atoms with Crippen molar-refractivity contribution in [2.45, 2.75) is 59.8 Å². The lowest BCUT2D eigenvalue weighted by Gasteiger charge is -2.23. The van der Waals surface area contributed by atoms with Gasteiger partial charge in [0.05, 0.1) is 0 Å². The zero-order valence-corrected chi connectivity index (χ0v) is 9.19. The summed E-state index contributed by atoms with van der Waals surface area (Å²) in [6.45, 7) is 9.47. The molecule has 0 amide bonds. The molecule has 1 aliphatic carbocycles. The second-order valence-corrected chi connectivity index (χ2v) is 4.60. The highest BCUT2D eigenvalue weighted by Gasteiger charge is 2.54. The molecule has 0 radical (unpaired) electrons. The molecule has 3 unspecified atom stereocenters. The Morgan fingerprint density at radius 1 is 1.33 bits per heavy atom. The molecular weight excluding hydrogens is 144 g/mol. The zero-order valence-electron chi connectivity index (χ0n) is 9.19. The standard InChI is InChI=1S/C12H24/c1-5-8-12(10(4)6-2)9-11(12)7-3/h10-11H,5-9H2,1-4H3. The van der Waals surface area contributed by atoms with E-state index in [1.54, 1.807) is 0 Å². The van der Waals surface area contributed by atoms with E-state index in [0.717, 1.165) is 17.3 Å². The van der Waals surface area contributed by atoms with Crippen LogP contribution in [0.5, 0.6) is 0 Å². The summed E-state index contributed by atoms with van der Waals surface area (Å²) in [7, 11) is 0. The maximum atomic E-state index is 2.45. The molecule has 0 aromatic rings. The van der Waals surface area contributed by atoms with Crippen LogP contribution in [0.2, 0.25) is 0 Å². The summed E-state index contributed by atoms with van der Waals surface area (Å²) in [6, 6.07) is 0. The van der Waals surface area contributed by atoms with Gasteiger partial charge in [-0.1, -0.05) is 47.0 Å². The van der Waals surface area contributed by atoms with Crippen molar-refractivity contribution >= 4 is 0 Å². The first-order valence-electron chi connectivity index (χ1n) is 5.71. The highest BCUT2D eigenvalue weighted by atomic mass is 14.6. The molecule has 0 spiro atoms. The summed E-state index contributed by atoms with van der Waals surface area (Å²) in [5, 5.41) is 0. The van der Waals surface area contributed by atoms with E-state index in [2.05, 4.69) is 27.7 Å². The number of rotatable bonds is 5. The molecule has 3 atom stereocenters. The van der Waals surface area contributed by atoms with Crippen LogP contribution in [0, 0.1) is 17.3 Å². The highest BCUT2D eigenvalue weighted by molar-refractivity contribution is 5.03. The number of hydrogen-bond acceptors (Lipinski definition) is 0. The molecule has 0 aromatic heterocycles. The predicted octanol–water partition coefficient (Wildman–Crippen LogP) is 4.25. The Morgan fingerprint density at radius 2 is 2.00 bits per heavy atom. The van der Waals surface area contributed by atoms with Gasteiger partial charge in [0, 0.05) is 0 Å². The van der Waals surface area contributed by atoms with Crippen LogP contribution < -0.4 is 0 Å². The van der Waals surface area contributed by atoms with Crippen LogP contribution in [0.3, 0.4) is 0 Å². The van der Waals surface area contributed by atoms with Gasteiger partial charge in [-0.2, -0.15) is 0 Å². The van der Waals surface area contributed by atoms with Crippen molar-refractivity contribution in [1.82, 2.24) is 0 Å². The van der Waals surface area contributed by atoms with E-state index in [-0.39, 0.29) is 0 Å². The van der Waals surface area contributed by atoms with Gasteiger partial charge in [-0.05, 0) is 30.1 Å². The SMILES string of the molecule is CCCC1(C(C)CC)CC1CC. The predicted molar refractivity (Wildman–Crippen MR) is 55.2 cm³/mol. The maximum absolute atomic E-state index is 2.45. The van der Waals surface area contributed by atoms with Gasteiger partial charge in [0.2, 0.25) is 0 Å². The Labute approximate surface area is 77.7 Å². The van der Waals surface area contributed by atoms with Crippen molar-refractivity contribution in [2.24, 2.45) is 17.3 Å². The van der Waals surface area contributed by atoms with Crippen molar-refractivity contribution in [3.05, 3.63) is 0 Å². The third-order valence-electron chi connectivity index (χ3n) is 4.08. The van der Waals surface area contributed by atoms with E-state index in [0.29, 0.717) is 0 Å². The first-order chi connectivity index (χ1) is 5.71. The minimum Gasteiger partial charge on any atom is -0.0654 e. The van der Waals surface area contributed by atoms with E-state index < -0.39 is 0 Å². The van der Waals surface area contributed by atoms with Crippen molar-refractivity contribution in [3.8, 4) is 0 Å². The summed E-state index contributed by atoms with van der Waals surface area (Å²) in [5.41, 5.74) is 0.776. The molecule has 0 heteroatoms. The molecular formula is C12H24. The molecule has 1 aliphatic rings. The first kappa shape index (κ1) is 10.1. The van der Waals surface area contributed by atoms with Crippen LogP contribution >= 0.6 is 0 Å². The molecule has 1 fully saturated rings. The van der Waals surface area contributed by atoms with E-state index in [1.807, 2.05) is 0 Å². The fourth-order valence-electron chi connectivity index (χ4n) is 2.98. The minimum absolute atomic E-state index is 0.776. The van der Waals surface area contributed by atoms with Gasteiger partial charge in [-0.25, -0.2) is 0 Å². The Kier molecular flexibility index (Phi) is 3.20. The summed E-state index contributed by atoms with van der Waals surface area (Å²) in [6.07, 6.45) is 7.15. The third-order valence-corrected chi connectivity index (χ3v) is 4.08. The quantitative estimate of drug-likeness (QED) is 0.575. The lowest BCUT2D eigenvalue weighted by Crippen LogP contribution is -2.14. The molecule has 1 rings (SSSR count). The summed E-state index contributed by atoms with van der Waals surface area (Å²) in [4.78, 5) is 0. The third kappa shape index (κ3) is 1.53. The second kappa shape index (κ2) is 3.81. The lowest BCUT2D eigenvalue weighted by atomic mass is 9.82. The number of hydrogen-bond donors (Lipinski definition) is 0. The first-order valence-corrected chi connectivity index (χ1v) is 5.71. The smallest absolute Gasteiger partial charge is 0.0241 e. The van der Waals surface area contributed by atoms with Gasteiger partial charge in [0.15, 0.2) is 0 Å². The Morgan fingerprint density at radius 3 is 2.33 bits per heavy atom.